The zero-order chi connectivity index (χ0) is 13.1. The van der Waals surface area contributed by atoms with Gasteiger partial charge in [-0.1, -0.05) is 0 Å². The maximum absolute atomic E-state index is 13.9. The summed E-state index contributed by atoms with van der Waals surface area (Å²) in [6.45, 7) is 1.55. The van der Waals surface area contributed by atoms with Crippen LogP contribution >= 0.6 is 0 Å². The van der Waals surface area contributed by atoms with Gasteiger partial charge in [0.25, 0.3) is 0 Å². The summed E-state index contributed by atoms with van der Waals surface area (Å²) in [6, 6.07) is 4.67. The molecular weight excluding hydrogens is 231 g/mol. The molecule has 96 valence electrons. The summed E-state index contributed by atoms with van der Waals surface area (Å²) in [5.74, 6) is 0.235. The summed E-state index contributed by atoms with van der Waals surface area (Å²) >= 11 is 0. The van der Waals surface area contributed by atoms with E-state index in [1.54, 1.807) is 18.3 Å². The third-order valence-electron chi connectivity index (χ3n) is 2.76. The Morgan fingerprint density at radius 2 is 2.11 bits per heavy atom. The SMILES string of the molecule is CN(C)CCNc1nccc2c(N)ccc(F)c12. The lowest BCUT2D eigenvalue weighted by atomic mass is 10.1. The van der Waals surface area contributed by atoms with E-state index in [1.165, 1.54) is 6.07 Å². The van der Waals surface area contributed by atoms with Crippen LogP contribution in [-0.2, 0) is 0 Å². The molecule has 1 aromatic heterocycles. The third kappa shape index (κ3) is 2.51. The first-order valence-corrected chi connectivity index (χ1v) is 5.81. The van der Waals surface area contributed by atoms with Gasteiger partial charge in [0.05, 0.1) is 5.39 Å². The normalized spacial score (nSPS) is 11.1. The van der Waals surface area contributed by atoms with Gasteiger partial charge in [0, 0.05) is 30.4 Å². The average molecular weight is 248 g/mol. The first-order valence-electron chi connectivity index (χ1n) is 5.81. The molecule has 0 aliphatic rings. The van der Waals surface area contributed by atoms with Gasteiger partial charge in [0.1, 0.15) is 11.6 Å². The van der Waals surface area contributed by atoms with Crippen LogP contribution in [0.3, 0.4) is 0 Å². The summed E-state index contributed by atoms with van der Waals surface area (Å²) in [6.07, 6.45) is 1.64. The van der Waals surface area contributed by atoms with Crippen LogP contribution in [0.1, 0.15) is 0 Å². The first kappa shape index (κ1) is 12.6. The zero-order valence-electron chi connectivity index (χ0n) is 10.6. The molecule has 0 aliphatic carbocycles. The highest BCUT2D eigenvalue weighted by Crippen LogP contribution is 2.28. The first-order chi connectivity index (χ1) is 8.59. The summed E-state index contributed by atoms with van der Waals surface area (Å²) in [7, 11) is 3.97. The number of benzene rings is 1. The smallest absolute Gasteiger partial charge is 0.136 e. The van der Waals surface area contributed by atoms with Crippen molar-refractivity contribution in [2.75, 3.05) is 38.2 Å². The minimum Gasteiger partial charge on any atom is -0.398 e. The molecule has 4 nitrogen and oxygen atoms in total. The molecule has 2 aromatic rings. The van der Waals surface area contributed by atoms with E-state index in [2.05, 4.69) is 10.3 Å². The van der Waals surface area contributed by atoms with E-state index < -0.39 is 0 Å². The fourth-order valence-corrected chi connectivity index (χ4v) is 1.81. The van der Waals surface area contributed by atoms with Crippen LogP contribution in [0.25, 0.3) is 10.8 Å². The highest BCUT2D eigenvalue weighted by atomic mass is 19.1. The molecule has 3 N–H and O–H groups in total. The van der Waals surface area contributed by atoms with E-state index in [1.807, 2.05) is 19.0 Å². The number of fused-ring (bicyclic) bond motifs is 1. The standard InChI is InChI=1S/C13H17FN4/c1-18(2)8-7-17-13-12-9(5-6-16-13)11(15)4-3-10(12)14/h3-6H,7-8,15H2,1-2H3,(H,16,17). The minimum atomic E-state index is -0.306. The van der Waals surface area contributed by atoms with E-state index in [0.717, 1.165) is 6.54 Å². The van der Waals surface area contributed by atoms with E-state index in [0.29, 0.717) is 28.8 Å². The molecule has 2 rings (SSSR count). The maximum atomic E-state index is 13.9. The van der Waals surface area contributed by atoms with E-state index in [-0.39, 0.29) is 5.82 Å². The van der Waals surface area contributed by atoms with Gasteiger partial charge in [-0.15, -0.1) is 0 Å². The lowest BCUT2D eigenvalue weighted by Gasteiger charge is -2.13. The lowest BCUT2D eigenvalue weighted by molar-refractivity contribution is 0.425. The number of rotatable bonds is 4. The lowest BCUT2D eigenvalue weighted by Crippen LogP contribution is -2.21. The number of aromatic nitrogens is 1. The van der Waals surface area contributed by atoms with Crippen molar-refractivity contribution < 1.29 is 4.39 Å². The number of nitrogens with one attached hydrogen (secondary N) is 1. The molecule has 0 amide bonds. The quantitative estimate of drug-likeness (QED) is 0.812. The van der Waals surface area contributed by atoms with Gasteiger partial charge < -0.3 is 16.0 Å². The molecule has 0 unspecified atom stereocenters. The van der Waals surface area contributed by atoms with Crippen LogP contribution in [0.4, 0.5) is 15.9 Å². The monoisotopic (exact) mass is 248 g/mol. The third-order valence-corrected chi connectivity index (χ3v) is 2.76. The predicted molar refractivity (Wildman–Crippen MR) is 73.2 cm³/mol. The number of nitrogen functional groups attached to an aromatic ring is 1. The van der Waals surface area contributed by atoms with Crippen LogP contribution < -0.4 is 11.1 Å². The van der Waals surface area contributed by atoms with Crippen molar-refractivity contribution in [3.05, 3.63) is 30.2 Å². The Hall–Kier alpha value is -1.88. The second-order valence-corrected chi connectivity index (χ2v) is 4.45. The second kappa shape index (κ2) is 5.18. The van der Waals surface area contributed by atoms with Crippen LogP contribution in [0.2, 0.25) is 0 Å². The Morgan fingerprint density at radius 3 is 2.83 bits per heavy atom. The van der Waals surface area contributed by atoms with Gasteiger partial charge in [-0.25, -0.2) is 9.37 Å². The number of pyridine rings is 1. The Bertz CT molecular complexity index is 554. The average Bonchev–Trinajstić information content (AvgIpc) is 2.33. The van der Waals surface area contributed by atoms with Crippen molar-refractivity contribution >= 4 is 22.3 Å². The molecule has 18 heavy (non-hydrogen) atoms. The Balaban J connectivity index is 2.36. The molecule has 0 radical (unpaired) electrons. The number of halogens is 1. The Morgan fingerprint density at radius 1 is 1.33 bits per heavy atom. The number of hydrogen-bond donors (Lipinski definition) is 2. The molecule has 0 spiro atoms. The largest absolute Gasteiger partial charge is 0.398 e. The molecular formula is C13H17FN4. The van der Waals surface area contributed by atoms with Gasteiger partial charge in [-0.05, 0) is 32.3 Å². The van der Waals surface area contributed by atoms with Crippen LogP contribution in [0.15, 0.2) is 24.4 Å². The fourth-order valence-electron chi connectivity index (χ4n) is 1.81. The molecule has 0 bridgehead atoms. The van der Waals surface area contributed by atoms with Gasteiger partial charge in [0.15, 0.2) is 0 Å². The Kier molecular flexibility index (Phi) is 3.62. The van der Waals surface area contributed by atoms with Gasteiger partial charge in [0.2, 0.25) is 0 Å². The molecule has 0 atom stereocenters. The van der Waals surface area contributed by atoms with E-state index in [4.69, 9.17) is 5.73 Å². The Labute approximate surface area is 106 Å². The molecule has 5 heteroatoms. The van der Waals surface area contributed by atoms with Crippen molar-refractivity contribution in [2.24, 2.45) is 0 Å². The molecule has 0 saturated heterocycles. The van der Waals surface area contributed by atoms with Crippen molar-refractivity contribution in [3.63, 3.8) is 0 Å². The molecule has 0 fully saturated rings. The van der Waals surface area contributed by atoms with Crippen molar-refractivity contribution in [2.45, 2.75) is 0 Å². The highest BCUT2D eigenvalue weighted by molar-refractivity contribution is 5.99. The topological polar surface area (TPSA) is 54.2 Å². The zero-order valence-corrected chi connectivity index (χ0v) is 10.6. The maximum Gasteiger partial charge on any atom is 0.136 e. The van der Waals surface area contributed by atoms with Crippen LogP contribution in [0, 0.1) is 5.82 Å². The summed E-state index contributed by atoms with van der Waals surface area (Å²) in [5.41, 5.74) is 6.40. The fraction of sp³-hybridized carbons (Fsp3) is 0.308. The van der Waals surface area contributed by atoms with E-state index in [9.17, 15) is 4.39 Å². The molecule has 0 aliphatic heterocycles. The number of anilines is 2. The van der Waals surface area contributed by atoms with Gasteiger partial charge in [-0.2, -0.15) is 0 Å². The van der Waals surface area contributed by atoms with Crippen molar-refractivity contribution in [3.8, 4) is 0 Å². The van der Waals surface area contributed by atoms with Gasteiger partial charge in [-0.3, -0.25) is 0 Å². The molecule has 1 heterocycles. The number of likely N-dealkylation sites (N-methyl/N-ethyl adjacent to an activating group) is 1. The van der Waals surface area contributed by atoms with Crippen LogP contribution in [0.5, 0.6) is 0 Å². The minimum absolute atomic E-state index is 0.306. The molecule has 1 aromatic carbocycles. The van der Waals surface area contributed by atoms with Crippen molar-refractivity contribution in [1.29, 1.82) is 0 Å². The van der Waals surface area contributed by atoms with Crippen molar-refractivity contribution in [1.82, 2.24) is 9.88 Å². The summed E-state index contributed by atoms with van der Waals surface area (Å²) in [5, 5.41) is 4.29. The second-order valence-electron chi connectivity index (χ2n) is 4.45. The van der Waals surface area contributed by atoms with Crippen LogP contribution in [-0.4, -0.2) is 37.1 Å². The van der Waals surface area contributed by atoms with E-state index >= 15 is 0 Å². The highest BCUT2D eigenvalue weighted by Gasteiger charge is 2.09. The number of hydrogen-bond acceptors (Lipinski definition) is 4. The number of nitrogens with zero attached hydrogens (tertiary/aromatic N) is 2. The number of nitrogens with two attached hydrogens (primary N) is 1. The molecule has 0 saturated carbocycles. The summed E-state index contributed by atoms with van der Waals surface area (Å²) < 4.78 is 13.9. The summed E-state index contributed by atoms with van der Waals surface area (Å²) in [4.78, 5) is 6.22. The van der Waals surface area contributed by atoms with Gasteiger partial charge >= 0.3 is 0 Å². The predicted octanol–water partition coefficient (Wildman–Crippen LogP) is 1.93.